The van der Waals surface area contributed by atoms with Crippen molar-refractivity contribution >= 4 is 23.2 Å². The molecule has 106 valence electrons. The van der Waals surface area contributed by atoms with Crippen LogP contribution in [0, 0.1) is 0 Å². The van der Waals surface area contributed by atoms with Crippen LogP contribution in [0.2, 0.25) is 5.02 Å². The van der Waals surface area contributed by atoms with Crippen LogP contribution in [0.15, 0.2) is 30.6 Å². The minimum Gasteiger partial charge on any atom is -0.508 e. The van der Waals surface area contributed by atoms with Gasteiger partial charge in [-0.05, 0) is 18.2 Å². The summed E-state index contributed by atoms with van der Waals surface area (Å²) in [7, 11) is 1.61. The van der Waals surface area contributed by atoms with Gasteiger partial charge in [0.05, 0.1) is 35.6 Å². The average Bonchev–Trinajstić information content (AvgIpc) is 2.86. The first-order chi connectivity index (χ1) is 9.60. The molecule has 1 aromatic carbocycles. The first kappa shape index (κ1) is 14.4. The molecule has 0 bridgehead atoms. The summed E-state index contributed by atoms with van der Waals surface area (Å²) in [5.74, 6) is -0.424. The van der Waals surface area contributed by atoms with Crippen LogP contribution in [-0.4, -0.2) is 34.5 Å². The smallest absolute Gasteiger partial charge is 0.257 e. The molecular formula is C13H14ClN3O3. The number of nitrogens with one attached hydrogen (secondary N) is 1. The molecule has 0 saturated heterocycles. The highest BCUT2D eigenvalue weighted by atomic mass is 35.5. The number of carbonyl (C=O) groups excluding carboxylic acids is 1. The van der Waals surface area contributed by atoms with E-state index in [0.29, 0.717) is 18.8 Å². The van der Waals surface area contributed by atoms with Crippen molar-refractivity contribution in [2.45, 2.75) is 6.54 Å². The molecule has 0 fully saturated rings. The zero-order chi connectivity index (χ0) is 14.5. The zero-order valence-corrected chi connectivity index (χ0v) is 11.6. The molecule has 0 radical (unpaired) electrons. The van der Waals surface area contributed by atoms with Gasteiger partial charge in [-0.3, -0.25) is 9.48 Å². The van der Waals surface area contributed by atoms with E-state index in [-0.39, 0.29) is 16.3 Å². The van der Waals surface area contributed by atoms with E-state index in [9.17, 15) is 9.90 Å². The van der Waals surface area contributed by atoms with Crippen molar-refractivity contribution in [2.75, 3.05) is 19.0 Å². The van der Waals surface area contributed by atoms with Crippen molar-refractivity contribution in [3.05, 3.63) is 41.2 Å². The number of phenolic OH excluding ortho intramolecular Hbond substituents is 1. The average molecular weight is 296 g/mol. The van der Waals surface area contributed by atoms with Crippen molar-refractivity contribution in [1.29, 1.82) is 0 Å². The third kappa shape index (κ3) is 3.49. The number of carbonyl (C=O) groups is 1. The van der Waals surface area contributed by atoms with Crippen molar-refractivity contribution in [3.63, 3.8) is 0 Å². The van der Waals surface area contributed by atoms with E-state index in [1.54, 1.807) is 18.0 Å². The number of benzene rings is 1. The Kier molecular flexibility index (Phi) is 4.60. The van der Waals surface area contributed by atoms with Crippen LogP contribution in [0.5, 0.6) is 5.75 Å². The summed E-state index contributed by atoms with van der Waals surface area (Å²) < 4.78 is 6.60. The topological polar surface area (TPSA) is 76.4 Å². The van der Waals surface area contributed by atoms with Crippen LogP contribution in [-0.2, 0) is 11.3 Å². The van der Waals surface area contributed by atoms with Gasteiger partial charge in [0.1, 0.15) is 5.75 Å². The minimum absolute atomic E-state index is 0.0182. The Morgan fingerprint density at radius 1 is 1.55 bits per heavy atom. The Morgan fingerprint density at radius 2 is 2.35 bits per heavy atom. The molecule has 1 aromatic heterocycles. The summed E-state index contributed by atoms with van der Waals surface area (Å²) in [4.78, 5) is 12.0. The molecule has 1 heterocycles. The number of ether oxygens (including phenoxy) is 1. The standard InChI is InChI=1S/C13H14ClN3O3/c1-20-5-4-17-8-9(7-15-17)16-13(19)11-6-10(18)2-3-12(11)14/h2-3,6-8,18H,4-5H2,1H3,(H,16,19). The van der Waals surface area contributed by atoms with Crippen LogP contribution in [0.25, 0.3) is 0 Å². The lowest BCUT2D eigenvalue weighted by atomic mass is 10.2. The van der Waals surface area contributed by atoms with E-state index in [4.69, 9.17) is 16.3 Å². The Morgan fingerprint density at radius 3 is 3.10 bits per heavy atom. The van der Waals surface area contributed by atoms with E-state index in [2.05, 4.69) is 10.4 Å². The number of anilines is 1. The molecule has 2 N–H and O–H groups in total. The van der Waals surface area contributed by atoms with E-state index in [1.165, 1.54) is 24.4 Å². The number of halogens is 1. The fraction of sp³-hybridized carbons (Fsp3) is 0.231. The third-order valence-corrected chi connectivity index (χ3v) is 2.94. The highest BCUT2D eigenvalue weighted by Crippen LogP contribution is 2.22. The normalized spacial score (nSPS) is 10.5. The van der Waals surface area contributed by atoms with Gasteiger partial charge in [0.25, 0.3) is 5.91 Å². The zero-order valence-electron chi connectivity index (χ0n) is 10.8. The number of rotatable bonds is 5. The minimum atomic E-state index is -0.405. The van der Waals surface area contributed by atoms with E-state index >= 15 is 0 Å². The van der Waals surface area contributed by atoms with Crippen molar-refractivity contribution in [1.82, 2.24) is 9.78 Å². The molecule has 6 nitrogen and oxygen atoms in total. The van der Waals surface area contributed by atoms with E-state index < -0.39 is 5.91 Å². The first-order valence-electron chi connectivity index (χ1n) is 5.91. The molecule has 7 heteroatoms. The molecule has 0 aliphatic rings. The van der Waals surface area contributed by atoms with Gasteiger partial charge in [0.15, 0.2) is 0 Å². The summed E-state index contributed by atoms with van der Waals surface area (Å²) in [5.41, 5.74) is 0.752. The quantitative estimate of drug-likeness (QED) is 0.886. The van der Waals surface area contributed by atoms with E-state index in [0.717, 1.165) is 0 Å². The number of hydrogen-bond donors (Lipinski definition) is 2. The molecule has 0 spiro atoms. The molecule has 0 unspecified atom stereocenters. The molecule has 0 atom stereocenters. The monoisotopic (exact) mass is 295 g/mol. The first-order valence-corrected chi connectivity index (χ1v) is 6.29. The predicted octanol–water partition coefficient (Wildman–Crippen LogP) is 2.14. The Bertz CT molecular complexity index is 613. The van der Waals surface area contributed by atoms with Crippen molar-refractivity contribution in [2.24, 2.45) is 0 Å². The number of amides is 1. The fourth-order valence-electron chi connectivity index (χ4n) is 1.62. The summed E-state index contributed by atoms with van der Waals surface area (Å²) in [6.45, 7) is 1.13. The Balaban J connectivity index is 2.07. The summed E-state index contributed by atoms with van der Waals surface area (Å²) in [6.07, 6.45) is 3.22. The molecule has 2 rings (SSSR count). The number of aromatic hydroxyl groups is 1. The second-order valence-corrected chi connectivity index (χ2v) is 4.51. The van der Waals surface area contributed by atoms with Gasteiger partial charge in [0.2, 0.25) is 0 Å². The van der Waals surface area contributed by atoms with Crippen LogP contribution in [0.1, 0.15) is 10.4 Å². The van der Waals surface area contributed by atoms with Gasteiger partial charge < -0.3 is 15.2 Å². The van der Waals surface area contributed by atoms with Crippen LogP contribution < -0.4 is 5.32 Å². The number of hydrogen-bond acceptors (Lipinski definition) is 4. The van der Waals surface area contributed by atoms with Crippen LogP contribution >= 0.6 is 11.6 Å². The van der Waals surface area contributed by atoms with Crippen molar-refractivity contribution < 1.29 is 14.6 Å². The van der Waals surface area contributed by atoms with Crippen molar-refractivity contribution in [3.8, 4) is 5.75 Å². The second kappa shape index (κ2) is 6.40. The Hall–Kier alpha value is -2.05. The van der Waals surface area contributed by atoms with Gasteiger partial charge in [-0.1, -0.05) is 11.6 Å². The maximum atomic E-state index is 12.0. The van der Waals surface area contributed by atoms with Gasteiger partial charge in [-0.25, -0.2) is 0 Å². The molecule has 0 saturated carbocycles. The third-order valence-electron chi connectivity index (χ3n) is 2.61. The van der Waals surface area contributed by atoms with Gasteiger partial charge >= 0.3 is 0 Å². The SMILES string of the molecule is COCCn1cc(NC(=O)c2cc(O)ccc2Cl)cn1. The van der Waals surface area contributed by atoms with Gasteiger partial charge in [0, 0.05) is 13.3 Å². The lowest BCUT2D eigenvalue weighted by molar-refractivity contribution is 0.102. The van der Waals surface area contributed by atoms with E-state index in [1.807, 2.05) is 0 Å². The largest absolute Gasteiger partial charge is 0.508 e. The highest BCUT2D eigenvalue weighted by Gasteiger charge is 2.12. The van der Waals surface area contributed by atoms with Gasteiger partial charge in [-0.15, -0.1) is 0 Å². The second-order valence-electron chi connectivity index (χ2n) is 4.10. The Labute approximate surface area is 120 Å². The molecule has 1 amide bonds. The molecule has 0 aliphatic carbocycles. The summed E-state index contributed by atoms with van der Waals surface area (Å²) >= 11 is 5.92. The summed E-state index contributed by atoms with van der Waals surface area (Å²) in [5, 5.41) is 16.4. The molecular weight excluding hydrogens is 282 g/mol. The number of nitrogens with zero attached hydrogens (tertiary/aromatic N) is 2. The number of methoxy groups -OCH3 is 1. The number of aromatic nitrogens is 2. The fourth-order valence-corrected chi connectivity index (χ4v) is 1.82. The number of phenols is 1. The maximum absolute atomic E-state index is 12.0. The predicted molar refractivity (Wildman–Crippen MR) is 75.2 cm³/mol. The lowest BCUT2D eigenvalue weighted by Gasteiger charge is -2.05. The maximum Gasteiger partial charge on any atom is 0.257 e. The highest BCUT2D eigenvalue weighted by molar-refractivity contribution is 6.34. The molecule has 2 aromatic rings. The van der Waals surface area contributed by atoms with Gasteiger partial charge in [-0.2, -0.15) is 5.10 Å². The molecule has 20 heavy (non-hydrogen) atoms. The van der Waals surface area contributed by atoms with Crippen LogP contribution in [0.4, 0.5) is 5.69 Å². The molecule has 0 aliphatic heterocycles. The lowest BCUT2D eigenvalue weighted by Crippen LogP contribution is -2.12. The summed E-state index contributed by atoms with van der Waals surface area (Å²) in [6, 6.07) is 4.20. The van der Waals surface area contributed by atoms with Crippen LogP contribution in [0.3, 0.4) is 0 Å².